The molecule has 4 rings (SSSR count). The molecule has 1 fully saturated rings. The van der Waals surface area contributed by atoms with Gasteiger partial charge in [-0.05, 0) is 41.3 Å². The summed E-state index contributed by atoms with van der Waals surface area (Å²) in [4.78, 5) is 12.0. The SMILES string of the molecule is O=c1ccn(Cc2nnnn2CC2CCOCC2)c2ccccc12. The molecule has 1 saturated heterocycles. The maximum atomic E-state index is 12.0. The highest BCUT2D eigenvalue weighted by molar-refractivity contribution is 5.78. The molecule has 0 atom stereocenters. The lowest BCUT2D eigenvalue weighted by atomic mass is 10.0. The number of aromatic nitrogens is 5. The topological polar surface area (TPSA) is 74.8 Å². The van der Waals surface area contributed by atoms with E-state index in [1.165, 1.54) is 0 Å². The summed E-state index contributed by atoms with van der Waals surface area (Å²) < 4.78 is 9.30. The molecule has 0 radical (unpaired) electrons. The molecule has 1 aliphatic rings. The Kier molecular flexibility index (Phi) is 4.08. The summed E-state index contributed by atoms with van der Waals surface area (Å²) in [6.45, 7) is 2.97. The molecular formula is C17H19N5O2. The van der Waals surface area contributed by atoms with Crippen molar-refractivity contribution >= 4 is 10.9 Å². The Morgan fingerprint density at radius 2 is 2.00 bits per heavy atom. The predicted octanol–water partition coefficient (Wildman–Crippen LogP) is 1.46. The van der Waals surface area contributed by atoms with E-state index in [9.17, 15) is 4.79 Å². The van der Waals surface area contributed by atoms with Crippen LogP contribution in [0.5, 0.6) is 0 Å². The maximum Gasteiger partial charge on any atom is 0.189 e. The van der Waals surface area contributed by atoms with Gasteiger partial charge in [0.2, 0.25) is 0 Å². The largest absolute Gasteiger partial charge is 0.381 e. The first-order chi connectivity index (χ1) is 11.8. The Morgan fingerprint density at radius 1 is 1.17 bits per heavy atom. The zero-order valence-corrected chi connectivity index (χ0v) is 13.3. The number of pyridine rings is 1. The zero-order valence-electron chi connectivity index (χ0n) is 13.3. The van der Waals surface area contributed by atoms with Crippen molar-refractivity contribution in [1.82, 2.24) is 24.8 Å². The molecule has 0 aliphatic carbocycles. The smallest absolute Gasteiger partial charge is 0.189 e. The van der Waals surface area contributed by atoms with Gasteiger partial charge in [0.1, 0.15) is 0 Å². The van der Waals surface area contributed by atoms with E-state index in [4.69, 9.17) is 4.74 Å². The van der Waals surface area contributed by atoms with E-state index in [0.717, 1.165) is 43.9 Å². The highest BCUT2D eigenvalue weighted by Gasteiger charge is 2.17. The van der Waals surface area contributed by atoms with Crippen LogP contribution in [0.15, 0.2) is 41.3 Å². The van der Waals surface area contributed by atoms with Crippen LogP contribution in [0.1, 0.15) is 18.7 Å². The minimum atomic E-state index is 0.0312. The van der Waals surface area contributed by atoms with Crippen LogP contribution in [0.3, 0.4) is 0 Å². The second-order valence-corrected chi connectivity index (χ2v) is 6.16. The highest BCUT2D eigenvalue weighted by atomic mass is 16.5. The van der Waals surface area contributed by atoms with E-state index in [2.05, 4.69) is 15.5 Å². The van der Waals surface area contributed by atoms with E-state index >= 15 is 0 Å². The highest BCUT2D eigenvalue weighted by Crippen LogP contribution is 2.17. The molecule has 0 amide bonds. The fourth-order valence-electron chi connectivity index (χ4n) is 3.20. The molecule has 1 aliphatic heterocycles. The van der Waals surface area contributed by atoms with Gasteiger partial charge < -0.3 is 9.30 Å². The quantitative estimate of drug-likeness (QED) is 0.726. The van der Waals surface area contributed by atoms with Gasteiger partial charge in [0.15, 0.2) is 11.3 Å². The van der Waals surface area contributed by atoms with Crippen LogP contribution in [0, 0.1) is 5.92 Å². The summed E-state index contributed by atoms with van der Waals surface area (Å²) in [5.41, 5.74) is 0.925. The molecule has 7 heteroatoms. The monoisotopic (exact) mass is 325 g/mol. The fourth-order valence-corrected chi connectivity index (χ4v) is 3.20. The Bertz CT molecular complexity index is 895. The Morgan fingerprint density at radius 3 is 2.88 bits per heavy atom. The molecule has 0 saturated carbocycles. The lowest BCUT2D eigenvalue weighted by Gasteiger charge is -2.22. The molecule has 2 aromatic heterocycles. The molecule has 0 unspecified atom stereocenters. The molecule has 3 heterocycles. The summed E-state index contributed by atoms with van der Waals surface area (Å²) in [6, 6.07) is 9.20. The van der Waals surface area contributed by atoms with E-state index in [0.29, 0.717) is 17.8 Å². The number of hydrogen-bond donors (Lipinski definition) is 0. The lowest BCUT2D eigenvalue weighted by molar-refractivity contribution is 0.0596. The molecule has 24 heavy (non-hydrogen) atoms. The van der Waals surface area contributed by atoms with Gasteiger partial charge in [0.05, 0.1) is 12.1 Å². The number of tetrazole rings is 1. The van der Waals surface area contributed by atoms with Crippen LogP contribution in [-0.2, 0) is 17.8 Å². The van der Waals surface area contributed by atoms with Crippen molar-refractivity contribution in [3.05, 3.63) is 52.6 Å². The molecule has 7 nitrogen and oxygen atoms in total. The molecule has 0 spiro atoms. The number of benzene rings is 1. The van der Waals surface area contributed by atoms with Gasteiger partial charge in [-0.15, -0.1) is 5.10 Å². The average Bonchev–Trinajstić information content (AvgIpc) is 3.05. The van der Waals surface area contributed by atoms with Gasteiger partial charge in [-0.1, -0.05) is 12.1 Å². The molecule has 1 aromatic carbocycles. The van der Waals surface area contributed by atoms with Gasteiger partial charge in [-0.3, -0.25) is 4.79 Å². The Balaban J connectivity index is 1.61. The van der Waals surface area contributed by atoms with Gasteiger partial charge in [0, 0.05) is 37.4 Å². The van der Waals surface area contributed by atoms with Crippen molar-refractivity contribution in [3.8, 4) is 0 Å². The number of fused-ring (bicyclic) bond motifs is 1. The van der Waals surface area contributed by atoms with E-state index < -0.39 is 0 Å². The molecule has 3 aromatic rings. The van der Waals surface area contributed by atoms with Crippen LogP contribution in [-0.4, -0.2) is 38.0 Å². The molecule has 0 N–H and O–H groups in total. The number of ether oxygens (including phenoxy) is 1. The molecule has 0 bridgehead atoms. The van der Waals surface area contributed by atoms with Crippen LogP contribution in [0.4, 0.5) is 0 Å². The van der Waals surface area contributed by atoms with Crippen LogP contribution < -0.4 is 5.43 Å². The molecule has 124 valence electrons. The second-order valence-electron chi connectivity index (χ2n) is 6.16. The van der Waals surface area contributed by atoms with Crippen molar-refractivity contribution < 1.29 is 4.74 Å². The third-order valence-electron chi connectivity index (χ3n) is 4.57. The number of nitrogens with zero attached hydrogens (tertiary/aromatic N) is 5. The third kappa shape index (κ3) is 2.94. The minimum Gasteiger partial charge on any atom is -0.381 e. The summed E-state index contributed by atoms with van der Waals surface area (Å²) in [6.07, 6.45) is 3.89. The van der Waals surface area contributed by atoms with E-state index in [-0.39, 0.29) is 5.43 Å². The Labute approximate surface area is 138 Å². The first-order valence-corrected chi connectivity index (χ1v) is 8.22. The predicted molar refractivity (Wildman–Crippen MR) is 88.7 cm³/mol. The van der Waals surface area contributed by atoms with Gasteiger partial charge >= 0.3 is 0 Å². The first kappa shape index (κ1) is 15.0. The van der Waals surface area contributed by atoms with Crippen LogP contribution in [0.2, 0.25) is 0 Å². The van der Waals surface area contributed by atoms with E-state index in [1.807, 2.05) is 33.5 Å². The lowest BCUT2D eigenvalue weighted by Crippen LogP contribution is -2.22. The summed E-state index contributed by atoms with van der Waals surface area (Å²) in [5, 5.41) is 12.9. The van der Waals surface area contributed by atoms with Crippen molar-refractivity contribution in [2.24, 2.45) is 5.92 Å². The Hall–Kier alpha value is -2.54. The summed E-state index contributed by atoms with van der Waals surface area (Å²) in [7, 11) is 0. The standard InChI is InChI=1S/C17H19N5O2/c23-16-5-8-21(15-4-2-1-3-14(15)16)12-17-18-19-20-22(17)11-13-6-9-24-10-7-13/h1-5,8,13H,6-7,9-12H2. The van der Waals surface area contributed by atoms with Crippen LogP contribution in [0.25, 0.3) is 10.9 Å². The number of rotatable bonds is 4. The number of para-hydroxylation sites is 1. The number of hydrogen-bond acceptors (Lipinski definition) is 5. The van der Waals surface area contributed by atoms with Crippen molar-refractivity contribution in [2.45, 2.75) is 25.9 Å². The van der Waals surface area contributed by atoms with Crippen molar-refractivity contribution in [1.29, 1.82) is 0 Å². The van der Waals surface area contributed by atoms with Gasteiger partial charge in [0.25, 0.3) is 0 Å². The van der Waals surface area contributed by atoms with Crippen LogP contribution >= 0.6 is 0 Å². The zero-order chi connectivity index (χ0) is 16.4. The van der Waals surface area contributed by atoms with Gasteiger partial charge in [-0.25, -0.2) is 4.68 Å². The fraction of sp³-hybridized carbons (Fsp3) is 0.412. The maximum absolute atomic E-state index is 12.0. The summed E-state index contributed by atoms with van der Waals surface area (Å²) in [5.74, 6) is 1.35. The van der Waals surface area contributed by atoms with E-state index in [1.54, 1.807) is 12.3 Å². The second kappa shape index (κ2) is 6.52. The van der Waals surface area contributed by atoms with Gasteiger partial charge in [-0.2, -0.15) is 0 Å². The summed E-state index contributed by atoms with van der Waals surface area (Å²) >= 11 is 0. The molecular weight excluding hydrogens is 306 g/mol. The van der Waals surface area contributed by atoms with Crippen molar-refractivity contribution in [2.75, 3.05) is 13.2 Å². The third-order valence-corrected chi connectivity index (χ3v) is 4.57. The van der Waals surface area contributed by atoms with Crippen molar-refractivity contribution in [3.63, 3.8) is 0 Å². The minimum absolute atomic E-state index is 0.0312. The first-order valence-electron chi connectivity index (χ1n) is 8.22. The normalized spacial score (nSPS) is 15.8. The average molecular weight is 325 g/mol.